The first-order chi connectivity index (χ1) is 8.17. The summed E-state index contributed by atoms with van der Waals surface area (Å²) in [5, 5.41) is 3.05. The summed E-state index contributed by atoms with van der Waals surface area (Å²) in [6.07, 6.45) is 2.61. The maximum Gasteiger partial charge on any atom is 0.281 e. The lowest BCUT2D eigenvalue weighted by Gasteiger charge is -2.16. The van der Waals surface area contributed by atoms with Gasteiger partial charge in [0.2, 0.25) is 5.91 Å². The lowest BCUT2D eigenvalue weighted by Crippen LogP contribution is -2.33. The molecule has 0 saturated carbocycles. The summed E-state index contributed by atoms with van der Waals surface area (Å²) in [5.41, 5.74) is 0. The van der Waals surface area contributed by atoms with Crippen LogP contribution in [0.3, 0.4) is 0 Å². The van der Waals surface area contributed by atoms with Gasteiger partial charge < -0.3 is 10.2 Å². The molecule has 17 heavy (non-hydrogen) atoms. The van der Waals surface area contributed by atoms with Gasteiger partial charge in [-0.25, -0.2) is 0 Å². The minimum absolute atomic E-state index is 0.0570. The number of thioether (sulfide) groups is 1. The molecular weight excluding hydrogens is 236 g/mol. The summed E-state index contributed by atoms with van der Waals surface area (Å²) < 4.78 is 0. The molecule has 1 aliphatic heterocycles. The third kappa shape index (κ3) is 4.98. The van der Waals surface area contributed by atoms with E-state index in [0.29, 0.717) is 18.9 Å². The molecule has 0 aliphatic carbocycles. The standard InChI is InChI=1S/C12H22N2O2S/c1-3-10(4-2)9-13-11(15)5-6-14-7-8-17-12(14)16/h10H,3-9H2,1-2H3,(H,13,15). The Kier molecular flexibility index (Phi) is 6.40. The zero-order valence-electron chi connectivity index (χ0n) is 10.7. The van der Waals surface area contributed by atoms with E-state index in [9.17, 15) is 9.59 Å². The van der Waals surface area contributed by atoms with Crippen LogP contribution in [0.2, 0.25) is 0 Å². The molecule has 98 valence electrons. The van der Waals surface area contributed by atoms with Gasteiger partial charge in [0.15, 0.2) is 0 Å². The van der Waals surface area contributed by atoms with Gasteiger partial charge in [0.05, 0.1) is 0 Å². The summed E-state index contributed by atoms with van der Waals surface area (Å²) in [5.74, 6) is 1.48. The van der Waals surface area contributed by atoms with Crippen molar-refractivity contribution in [3.63, 3.8) is 0 Å². The fourth-order valence-electron chi connectivity index (χ4n) is 1.79. The smallest absolute Gasteiger partial charge is 0.281 e. The first-order valence-electron chi connectivity index (χ1n) is 6.35. The number of amides is 2. The first kappa shape index (κ1) is 14.4. The van der Waals surface area contributed by atoms with Crippen LogP contribution in [0.1, 0.15) is 33.1 Å². The van der Waals surface area contributed by atoms with Gasteiger partial charge in [0, 0.05) is 31.8 Å². The van der Waals surface area contributed by atoms with Crippen molar-refractivity contribution < 1.29 is 9.59 Å². The molecule has 1 fully saturated rings. The van der Waals surface area contributed by atoms with Gasteiger partial charge >= 0.3 is 0 Å². The molecule has 1 heterocycles. The highest BCUT2D eigenvalue weighted by molar-refractivity contribution is 8.13. The number of carbonyl (C=O) groups is 2. The van der Waals surface area contributed by atoms with Gasteiger partial charge in [-0.1, -0.05) is 38.5 Å². The number of hydrogen-bond donors (Lipinski definition) is 1. The molecule has 0 aromatic carbocycles. The summed E-state index contributed by atoms with van der Waals surface area (Å²) in [4.78, 5) is 24.6. The van der Waals surface area contributed by atoms with Crippen LogP contribution in [-0.2, 0) is 4.79 Å². The molecule has 0 unspecified atom stereocenters. The molecule has 0 aromatic heterocycles. The zero-order chi connectivity index (χ0) is 12.7. The molecular formula is C12H22N2O2S. The average Bonchev–Trinajstić information content (AvgIpc) is 2.73. The van der Waals surface area contributed by atoms with Gasteiger partial charge in [-0.15, -0.1) is 0 Å². The minimum atomic E-state index is 0.0570. The van der Waals surface area contributed by atoms with E-state index in [2.05, 4.69) is 19.2 Å². The van der Waals surface area contributed by atoms with Crippen molar-refractivity contribution in [3.8, 4) is 0 Å². The molecule has 0 spiro atoms. The maximum absolute atomic E-state index is 11.6. The second-order valence-corrected chi connectivity index (χ2v) is 5.38. The Balaban J connectivity index is 2.14. The quantitative estimate of drug-likeness (QED) is 0.761. The molecule has 1 rings (SSSR count). The van der Waals surface area contributed by atoms with E-state index >= 15 is 0 Å². The SMILES string of the molecule is CCC(CC)CNC(=O)CCN1CCSC1=O. The third-order valence-electron chi connectivity index (χ3n) is 3.20. The van der Waals surface area contributed by atoms with E-state index in [0.717, 1.165) is 31.7 Å². The van der Waals surface area contributed by atoms with Crippen LogP contribution >= 0.6 is 11.8 Å². The van der Waals surface area contributed by atoms with Crippen molar-refractivity contribution in [2.24, 2.45) is 5.92 Å². The molecule has 1 saturated heterocycles. The molecule has 1 N–H and O–H groups in total. The predicted molar refractivity (Wildman–Crippen MR) is 71.1 cm³/mol. The summed E-state index contributed by atoms with van der Waals surface area (Å²) in [6.45, 7) is 6.37. The number of carbonyl (C=O) groups excluding carboxylic acids is 2. The minimum Gasteiger partial charge on any atom is -0.356 e. The highest BCUT2D eigenvalue weighted by Gasteiger charge is 2.21. The van der Waals surface area contributed by atoms with Crippen molar-refractivity contribution in [1.29, 1.82) is 0 Å². The Labute approximate surface area is 108 Å². The fourth-order valence-corrected chi connectivity index (χ4v) is 2.64. The van der Waals surface area contributed by atoms with Crippen molar-refractivity contribution in [2.75, 3.05) is 25.4 Å². The molecule has 5 heteroatoms. The Morgan fingerprint density at radius 1 is 1.47 bits per heavy atom. The Hall–Kier alpha value is -0.710. The van der Waals surface area contributed by atoms with E-state index in [1.807, 2.05) is 0 Å². The van der Waals surface area contributed by atoms with Crippen LogP contribution in [0.5, 0.6) is 0 Å². The number of nitrogens with zero attached hydrogens (tertiary/aromatic N) is 1. The number of nitrogens with one attached hydrogen (secondary N) is 1. The first-order valence-corrected chi connectivity index (χ1v) is 7.34. The lowest BCUT2D eigenvalue weighted by atomic mass is 10.0. The molecule has 0 bridgehead atoms. The zero-order valence-corrected chi connectivity index (χ0v) is 11.5. The van der Waals surface area contributed by atoms with Gasteiger partial charge in [0.1, 0.15) is 0 Å². The fraction of sp³-hybridized carbons (Fsp3) is 0.833. The van der Waals surface area contributed by atoms with Gasteiger partial charge in [-0.2, -0.15) is 0 Å². The van der Waals surface area contributed by atoms with Crippen molar-refractivity contribution in [1.82, 2.24) is 10.2 Å². The van der Waals surface area contributed by atoms with E-state index in [1.54, 1.807) is 4.90 Å². The molecule has 4 nitrogen and oxygen atoms in total. The van der Waals surface area contributed by atoms with Crippen molar-refractivity contribution in [2.45, 2.75) is 33.1 Å². The van der Waals surface area contributed by atoms with Gasteiger partial charge in [-0.05, 0) is 5.92 Å². The highest BCUT2D eigenvalue weighted by atomic mass is 32.2. The van der Waals surface area contributed by atoms with Crippen LogP contribution < -0.4 is 5.32 Å². The van der Waals surface area contributed by atoms with E-state index in [-0.39, 0.29) is 11.1 Å². The van der Waals surface area contributed by atoms with Crippen LogP contribution in [-0.4, -0.2) is 41.4 Å². The molecule has 0 radical (unpaired) electrons. The third-order valence-corrected chi connectivity index (χ3v) is 4.09. The lowest BCUT2D eigenvalue weighted by molar-refractivity contribution is -0.121. The van der Waals surface area contributed by atoms with Gasteiger partial charge in [-0.3, -0.25) is 9.59 Å². The summed E-state index contributed by atoms with van der Waals surface area (Å²) >= 11 is 1.34. The summed E-state index contributed by atoms with van der Waals surface area (Å²) in [6, 6.07) is 0. The molecule has 0 atom stereocenters. The highest BCUT2D eigenvalue weighted by Crippen LogP contribution is 2.16. The Bertz CT molecular complexity index is 267. The van der Waals surface area contributed by atoms with Gasteiger partial charge in [0.25, 0.3) is 5.24 Å². The maximum atomic E-state index is 11.6. The largest absolute Gasteiger partial charge is 0.356 e. The van der Waals surface area contributed by atoms with Crippen LogP contribution in [0, 0.1) is 5.92 Å². The van der Waals surface area contributed by atoms with Crippen LogP contribution in [0.4, 0.5) is 4.79 Å². The second kappa shape index (κ2) is 7.58. The van der Waals surface area contributed by atoms with Crippen molar-refractivity contribution >= 4 is 22.9 Å². The normalized spacial score (nSPS) is 15.7. The number of rotatable bonds is 7. The van der Waals surface area contributed by atoms with E-state index < -0.39 is 0 Å². The Morgan fingerprint density at radius 3 is 2.71 bits per heavy atom. The number of hydrogen-bond acceptors (Lipinski definition) is 3. The van der Waals surface area contributed by atoms with E-state index in [1.165, 1.54) is 11.8 Å². The topological polar surface area (TPSA) is 49.4 Å². The molecule has 2 amide bonds. The Morgan fingerprint density at radius 2 is 2.18 bits per heavy atom. The predicted octanol–water partition coefficient (Wildman–Crippen LogP) is 2.10. The van der Waals surface area contributed by atoms with Crippen LogP contribution in [0.25, 0.3) is 0 Å². The molecule has 0 aromatic rings. The van der Waals surface area contributed by atoms with Crippen molar-refractivity contribution in [3.05, 3.63) is 0 Å². The second-order valence-electron chi connectivity index (χ2n) is 4.34. The average molecular weight is 258 g/mol. The summed E-state index contributed by atoms with van der Waals surface area (Å²) in [7, 11) is 0. The van der Waals surface area contributed by atoms with E-state index in [4.69, 9.17) is 0 Å². The monoisotopic (exact) mass is 258 g/mol. The molecule has 1 aliphatic rings. The van der Waals surface area contributed by atoms with Crippen LogP contribution in [0.15, 0.2) is 0 Å².